The van der Waals surface area contributed by atoms with Gasteiger partial charge in [0.15, 0.2) is 0 Å². The van der Waals surface area contributed by atoms with Gasteiger partial charge >= 0.3 is 0 Å². The zero-order valence-electron chi connectivity index (χ0n) is 47.8. The van der Waals surface area contributed by atoms with E-state index < -0.39 is 5.41 Å². The van der Waals surface area contributed by atoms with E-state index in [1.165, 1.54) is 72.0 Å². The first kappa shape index (κ1) is 51.8. The van der Waals surface area contributed by atoms with Crippen molar-refractivity contribution in [2.75, 3.05) is 9.80 Å². The van der Waals surface area contributed by atoms with Gasteiger partial charge in [-0.1, -0.05) is 261 Å². The predicted molar refractivity (Wildman–Crippen MR) is 363 cm³/mol. The molecule has 0 fully saturated rings. The van der Waals surface area contributed by atoms with E-state index in [1.54, 1.807) is 0 Å². The minimum atomic E-state index is -0.535. The van der Waals surface area contributed by atoms with Crippen molar-refractivity contribution in [1.82, 2.24) is 0 Å². The zero-order valence-corrected chi connectivity index (χ0v) is 47.8. The van der Waals surface area contributed by atoms with Crippen LogP contribution in [0.3, 0.4) is 0 Å². The molecule has 0 atom stereocenters. The van der Waals surface area contributed by atoms with Crippen LogP contribution < -0.4 is 9.80 Å². The first-order chi connectivity index (χ1) is 42.6. The van der Waals surface area contributed by atoms with Crippen LogP contribution >= 0.6 is 0 Å². The fourth-order valence-electron chi connectivity index (χ4n) is 13.5. The summed E-state index contributed by atoms with van der Waals surface area (Å²) in [6, 6.07) is 127. The smallest absolute Gasteiger partial charge is 0.0714 e. The summed E-state index contributed by atoms with van der Waals surface area (Å²) in [4.78, 5) is 4.83. The Labute approximate surface area is 504 Å². The second-order valence-electron chi connectivity index (χ2n) is 22.4. The standard InChI is InChI=1S/C84H60N2/c1-59-26-25-43-80-83(59)74-53-52-73(56-81(74)84(80,67-35-15-5-16-36-67)68-37-17-6-18-38-68)85(69-39-19-7-20-40-69)71-48-44-63(45-49-71)77-57-76(61-29-11-3-12-30-61)78(58-75(77)60-27-9-2-10-28-60)64-46-50-72(51-47-64)86(70-41-21-8-22-42-70)82-55-66-34-24-23-33-65(66)54-79(82)62-31-13-4-14-32-62/h2-58H,1H3. The minimum absolute atomic E-state index is 0.535. The van der Waals surface area contributed by atoms with E-state index in [0.717, 1.165) is 67.5 Å². The molecule has 0 saturated carbocycles. The third-order valence-electron chi connectivity index (χ3n) is 17.4. The molecule has 14 aromatic carbocycles. The lowest BCUT2D eigenvalue weighted by Crippen LogP contribution is -2.28. The normalized spacial score (nSPS) is 12.1. The maximum Gasteiger partial charge on any atom is 0.0714 e. The third-order valence-corrected chi connectivity index (χ3v) is 17.4. The van der Waals surface area contributed by atoms with Gasteiger partial charge in [0.05, 0.1) is 11.1 Å². The highest BCUT2D eigenvalue weighted by Crippen LogP contribution is 2.58. The molecule has 1 aliphatic rings. The predicted octanol–water partition coefficient (Wildman–Crippen LogP) is 22.8. The SMILES string of the molecule is Cc1cccc2c1-c1ccc(N(c3ccccc3)c3ccc(-c4cc(-c5ccccc5)c(-c5ccc(N(c6ccccc6)c6cc7ccccc7cc6-c6ccccc6)cc5)cc4-c4ccccc4)cc3)cc1C2(c1ccccc1)c1ccccc1. The lowest BCUT2D eigenvalue weighted by atomic mass is 9.67. The van der Waals surface area contributed by atoms with Crippen LogP contribution in [0.15, 0.2) is 346 Å². The molecule has 2 nitrogen and oxygen atoms in total. The number of nitrogens with zero attached hydrogens (tertiary/aromatic N) is 2. The number of hydrogen-bond donors (Lipinski definition) is 0. The van der Waals surface area contributed by atoms with Gasteiger partial charge in [0.2, 0.25) is 0 Å². The Morgan fingerprint density at radius 3 is 1.09 bits per heavy atom. The Bertz CT molecular complexity index is 4660. The van der Waals surface area contributed by atoms with E-state index in [2.05, 4.69) is 363 Å². The summed E-state index contributed by atoms with van der Waals surface area (Å²) in [6.07, 6.45) is 0. The van der Waals surface area contributed by atoms with Crippen molar-refractivity contribution in [2.45, 2.75) is 12.3 Å². The van der Waals surface area contributed by atoms with Crippen LogP contribution in [0.2, 0.25) is 0 Å². The molecule has 0 aromatic heterocycles. The number of rotatable bonds is 13. The summed E-state index contributed by atoms with van der Waals surface area (Å²) < 4.78 is 0. The van der Waals surface area contributed by atoms with Gasteiger partial charge in [-0.25, -0.2) is 0 Å². The highest BCUT2D eigenvalue weighted by Gasteiger charge is 2.47. The fraction of sp³-hybridized carbons (Fsp3) is 0.0238. The van der Waals surface area contributed by atoms with Crippen LogP contribution in [0.5, 0.6) is 0 Å². The first-order valence-corrected chi connectivity index (χ1v) is 29.7. The van der Waals surface area contributed by atoms with Crippen molar-refractivity contribution in [3.63, 3.8) is 0 Å². The van der Waals surface area contributed by atoms with Gasteiger partial charge in [-0.05, 0) is 192 Å². The molecule has 2 heteroatoms. The lowest BCUT2D eigenvalue weighted by molar-refractivity contribution is 0.768. The van der Waals surface area contributed by atoms with Gasteiger partial charge in [0.1, 0.15) is 0 Å². The van der Waals surface area contributed by atoms with Gasteiger partial charge in [-0.3, -0.25) is 0 Å². The summed E-state index contributed by atoms with van der Waals surface area (Å²) in [6.45, 7) is 2.26. The maximum absolute atomic E-state index is 2.46. The van der Waals surface area contributed by atoms with Crippen LogP contribution in [0.4, 0.5) is 34.1 Å². The molecule has 15 rings (SSSR count). The summed E-state index contributed by atoms with van der Waals surface area (Å²) in [5.41, 5.74) is 26.5. The van der Waals surface area contributed by atoms with Crippen LogP contribution in [0.1, 0.15) is 27.8 Å². The molecule has 1 aliphatic carbocycles. The maximum atomic E-state index is 2.46. The molecule has 0 aliphatic heterocycles. The van der Waals surface area contributed by atoms with E-state index in [9.17, 15) is 0 Å². The summed E-state index contributed by atoms with van der Waals surface area (Å²) in [5.74, 6) is 0. The number of hydrogen-bond acceptors (Lipinski definition) is 2. The van der Waals surface area contributed by atoms with Crippen molar-refractivity contribution >= 4 is 44.9 Å². The fourth-order valence-corrected chi connectivity index (χ4v) is 13.5. The van der Waals surface area contributed by atoms with Crippen molar-refractivity contribution in [1.29, 1.82) is 0 Å². The summed E-state index contributed by atoms with van der Waals surface area (Å²) >= 11 is 0. The Kier molecular flexibility index (Phi) is 13.4. The summed E-state index contributed by atoms with van der Waals surface area (Å²) in [5, 5.41) is 2.40. The Morgan fingerprint density at radius 2 is 0.605 bits per heavy atom. The van der Waals surface area contributed by atoms with Crippen molar-refractivity contribution in [3.8, 4) is 66.8 Å². The molecule has 0 radical (unpaired) electrons. The number of benzene rings is 14. The first-order valence-electron chi connectivity index (χ1n) is 29.7. The average Bonchev–Trinajstić information content (AvgIpc) is 1.79. The van der Waals surface area contributed by atoms with Crippen LogP contribution in [0.25, 0.3) is 77.5 Å². The number of anilines is 6. The number of fused-ring (bicyclic) bond motifs is 4. The van der Waals surface area contributed by atoms with Crippen LogP contribution in [-0.4, -0.2) is 0 Å². The molecular weight excluding hydrogens is 1040 g/mol. The Hall–Kier alpha value is -11.1. The van der Waals surface area contributed by atoms with Crippen molar-refractivity contribution in [3.05, 3.63) is 374 Å². The van der Waals surface area contributed by atoms with E-state index in [-0.39, 0.29) is 0 Å². The second kappa shape index (κ2) is 22.3. The van der Waals surface area contributed by atoms with Gasteiger partial charge in [0, 0.05) is 34.0 Å². The van der Waals surface area contributed by atoms with Gasteiger partial charge < -0.3 is 9.80 Å². The monoisotopic (exact) mass is 1100 g/mol. The number of para-hydroxylation sites is 2. The minimum Gasteiger partial charge on any atom is -0.310 e. The highest BCUT2D eigenvalue weighted by atomic mass is 15.1. The highest BCUT2D eigenvalue weighted by molar-refractivity contribution is 6.00. The lowest BCUT2D eigenvalue weighted by Gasteiger charge is -2.35. The zero-order chi connectivity index (χ0) is 57.4. The molecule has 0 heterocycles. The molecule has 0 unspecified atom stereocenters. The average molecular weight is 1100 g/mol. The molecule has 14 aromatic rings. The molecule has 0 saturated heterocycles. The Morgan fingerprint density at radius 1 is 0.233 bits per heavy atom. The molecule has 0 N–H and O–H groups in total. The van der Waals surface area contributed by atoms with Crippen LogP contribution in [0, 0.1) is 6.92 Å². The van der Waals surface area contributed by atoms with Crippen LogP contribution in [-0.2, 0) is 5.41 Å². The molecule has 0 bridgehead atoms. The molecule has 86 heavy (non-hydrogen) atoms. The molecule has 0 spiro atoms. The third kappa shape index (κ3) is 9.17. The van der Waals surface area contributed by atoms with Crippen molar-refractivity contribution in [2.24, 2.45) is 0 Å². The quantitative estimate of drug-likeness (QED) is 0.114. The molecule has 406 valence electrons. The Balaban J connectivity index is 0.864. The van der Waals surface area contributed by atoms with E-state index in [0.29, 0.717) is 0 Å². The molecular formula is C84H60N2. The van der Waals surface area contributed by atoms with E-state index in [4.69, 9.17) is 0 Å². The van der Waals surface area contributed by atoms with Gasteiger partial charge in [-0.15, -0.1) is 0 Å². The topological polar surface area (TPSA) is 6.48 Å². The van der Waals surface area contributed by atoms with Crippen molar-refractivity contribution < 1.29 is 0 Å². The largest absolute Gasteiger partial charge is 0.310 e. The van der Waals surface area contributed by atoms with Gasteiger partial charge in [0.25, 0.3) is 0 Å². The van der Waals surface area contributed by atoms with E-state index in [1.807, 2.05) is 0 Å². The summed E-state index contributed by atoms with van der Waals surface area (Å²) in [7, 11) is 0. The number of aryl methyl sites for hydroxylation is 1. The molecule has 0 amide bonds. The van der Waals surface area contributed by atoms with E-state index >= 15 is 0 Å². The van der Waals surface area contributed by atoms with Gasteiger partial charge in [-0.2, -0.15) is 0 Å². The second-order valence-corrected chi connectivity index (χ2v) is 22.4.